The zero-order valence-corrected chi connectivity index (χ0v) is 13.7. The third-order valence-corrected chi connectivity index (χ3v) is 3.93. The quantitative estimate of drug-likeness (QED) is 0.653. The second-order valence-electron chi connectivity index (χ2n) is 6.10. The van der Waals surface area contributed by atoms with E-state index in [0.29, 0.717) is 10.3 Å². The minimum absolute atomic E-state index is 0.659. The molecular weight excluding hydrogens is 350 g/mol. The summed E-state index contributed by atoms with van der Waals surface area (Å²) in [6, 6.07) is 3.71. The number of rotatable bonds is 3. The number of hydrogen-bond donors (Lipinski definition) is 1. The monoisotopic (exact) mass is 367 g/mol. The smallest absolute Gasteiger partial charge is 0.371 e. The van der Waals surface area contributed by atoms with Crippen molar-refractivity contribution in [3.8, 4) is 5.69 Å². The van der Waals surface area contributed by atoms with Crippen LogP contribution < -0.4 is 4.57 Å². The molecule has 9 heteroatoms. The summed E-state index contributed by atoms with van der Waals surface area (Å²) in [4.78, 5) is 0. The Bertz CT molecular complexity index is 739. The van der Waals surface area contributed by atoms with Crippen LogP contribution in [0.1, 0.15) is 16.7 Å². The van der Waals surface area contributed by atoms with E-state index in [9.17, 15) is 31.4 Å². The summed E-state index contributed by atoms with van der Waals surface area (Å²) >= 11 is 0. The Kier molecular flexibility index (Phi) is 4.67. The van der Waals surface area contributed by atoms with Gasteiger partial charge in [-0.25, -0.2) is 9.13 Å². The molecule has 2 aromatic rings. The van der Waals surface area contributed by atoms with Gasteiger partial charge in [-0.3, -0.25) is 0 Å². The van der Waals surface area contributed by atoms with Crippen molar-refractivity contribution in [2.75, 3.05) is 0 Å². The molecule has 2 rings (SSSR count). The molecule has 0 fully saturated rings. The lowest BCUT2D eigenvalue weighted by atomic mass is 10.0. The zero-order valence-electron chi connectivity index (χ0n) is 13.7. The molecule has 0 saturated carbocycles. The van der Waals surface area contributed by atoms with Crippen molar-refractivity contribution < 1.29 is 36.0 Å². The molecule has 1 aromatic carbocycles. The lowest BCUT2D eigenvalue weighted by Gasteiger charge is -2.30. The molecular formula is C16H17F6N2O+. The first kappa shape index (κ1) is 19.3. The van der Waals surface area contributed by atoms with E-state index < -0.39 is 24.5 Å². The summed E-state index contributed by atoms with van der Waals surface area (Å²) in [5.41, 5.74) is -1.53. The first-order valence-electron chi connectivity index (χ1n) is 7.27. The van der Waals surface area contributed by atoms with Crippen LogP contribution in [-0.4, -0.2) is 27.6 Å². The first-order valence-corrected chi connectivity index (χ1v) is 7.27. The predicted molar refractivity (Wildman–Crippen MR) is 77.2 cm³/mol. The Balaban J connectivity index is 2.43. The van der Waals surface area contributed by atoms with Gasteiger partial charge in [-0.2, -0.15) is 26.3 Å². The third kappa shape index (κ3) is 3.51. The second-order valence-corrected chi connectivity index (χ2v) is 6.10. The minimum Gasteiger partial charge on any atom is -0.371 e. The fourth-order valence-electron chi connectivity index (χ4n) is 2.80. The summed E-state index contributed by atoms with van der Waals surface area (Å²) in [5.74, 6) is 0. The highest BCUT2D eigenvalue weighted by atomic mass is 19.4. The molecule has 0 aliphatic rings. The van der Waals surface area contributed by atoms with Gasteiger partial charge in [0, 0.05) is 0 Å². The number of nitrogens with zero attached hydrogens (tertiary/aromatic N) is 2. The zero-order chi connectivity index (χ0) is 19.2. The molecule has 25 heavy (non-hydrogen) atoms. The second kappa shape index (κ2) is 6.05. The SMILES string of the molecule is Cc1cc(C)c(-n2cc[n+](CC(O)(C(F)(F)F)C(F)(F)F)c2)c(C)c1. The molecule has 138 valence electrons. The number of aryl methyl sites for hydroxylation is 3. The van der Waals surface area contributed by atoms with E-state index in [1.165, 1.54) is 10.8 Å². The Morgan fingerprint density at radius 1 is 0.960 bits per heavy atom. The average molecular weight is 367 g/mol. The van der Waals surface area contributed by atoms with Gasteiger partial charge in [0.1, 0.15) is 24.6 Å². The third-order valence-electron chi connectivity index (χ3n) is 3.93. The van der Waals surface area contributed by atoms with E-state index in [4.69, 9.17) is 0 Å². The molecule has 1 N–H and O–H groups in total. The molecule has 0 radical (unpaired) electrons. The van der Waals surface area contributed by atoms with Crippen LogP contribution in [0.15, 0.2) is 30.9 Å². The molecule has 0 atom stereocenters. The number of imidazole rings is 1. The van der Waals surface area contributed by atoms with E-state index in [-0.39, 0.29) is 0 Å². The van der Waals surface area contributed by atoms with Crippen LogP contribution in [0.3, 0.4) is 0 Å². The lowest BCUT2D eigenvalue weighted by Crippen LogP contribution is -2.64. The van der Waals surface area contributed by atoms with E-state index in [1.54, 1.807) is 13.8 Å². The fraction of sp³-hybridized carbons (Fsp3) is 0.438. The van der Waals surface area contributed by atoms with Crippen molar-refractivity contribution in [1.82, 2.24) is 4.57 Å². The molecule has 0 saturated heterocycles. The van der Waals surface area contributed by atoms with Crippen molar-refractivity contribution in [3.05, 3.63) is 47.5 Å². The number of hydrogen-bond acceptors (Lipinski definition) is 1. The number of alkyl halides is 6. The van der Waals surface area contributed by atoms with Crippen LogP contribution in [0.5, 0.6) is 0 Å². The Labute approximate surface area is 140 Å². The van der Waals surface area contributed by atoms with Gasteiger partial charge in [0.2, 0.25) is 6.33 Å². The number of aliphatic hydroxyl groups is 1. The number of aromatic nitrogens is 2. The summed E-state index contributed by atoms with van der Waals surface area (Å²) < 4.78 is 78.9. The highest BCUT2D eigenvalue weighted by molar-refractivity contribution is 5.48. The van der Waals surface area contributed by atoms with Crippen molar-refractivity contribution in [3.63, 3.8) is 0 Å². The fourth-order valence-corrected chi connectivity index (χ4v) is 2.80. The van der Waals surface area contributed by atoms with E-state index >= 15 is 0 Å². The number of halogens is 6. The van der Waals surface area contributed by atoms with Gasteiger partial charge in [0.25, 0.3) is 5.60 Å². The van der Waals surface area contributed by atoms with Crippen LogP contribution in [-0.2, 0) is 6.54 Å². The van der Waals surface area contributed by atoms with Gasteiger partial charge in [0.15, 0.2) is 0 Å². The van der Waals surface area contributed by atoms with E-state index in [2.05, 4.69) is 0 Å². The van der Waals surface area contributed by atoms with Crippen LogP contribution in [0.25, 0.3) is 5.69 Å². The van der Waals surface area contributed by atoms with Gasteiger partial charge >= 0.3 is 12.4 Å². The van der Waals surface area contributed by atoms with Gasteiger partial charge in [-0.15, -0.1) is 0 Å². The largest absolute Gasteiger partial charge is 0.430 e. The maximum Gasteiger partial charge on any atom is 0.430 e. The standard InChI is InChI=1S/C16H17F6N2O/c1-10-6-11(2)13(12(3)7-10)24-5-4-23(9-24)8-14(25,15(17,18)19)16(20,21)22/h4-7,9,25H,8H2,1-3H3/q+1. The molecule has 0 amide bonds. The normalized spacial score (nSPS) is 13.4. The average Bonchev–Trinajstić information content (AvgIpc) is 2.82. The van der Waals surface area contributed by atoms with Gasteiger partial charge in [-0.1, -0.05) is 17.7 Å². The van der Waals surface area contributed by atoms with Gasteiger partial charge in [-0.05, 0) is 31.9 Å². The molecule has 0 bridgehead atoms. The summed E-state index contributed by atoms with van der Waals surface area (Å²) in [5, 5.41) is 9.28. The summed E-state index contributed by atoms with van der Waals surface area (Å²) in [6.07, 6.45) is -8.21. The Morgan fingerprint density at radius 3 is 1.88 bits per heavy atom. The molecule has 0 aliphatic heterocycles. The highest BCUT2D eigenvalue weighted by Crippen LogP contribution is 2.43. The van der Waals surface area contributed by atoms with E-state index in [0.717, 1.165) is 29.2 Å². The topological polar surface area (TPSA) is 29.0 Å². The maximum atomic E-state index is 12.8. The van der Waals surface area contributed by atoms with Crippen molar-refractivity contribution in [1.29, 1.82) is 0 Å². The molecule has 0 aliphatic carbocycles. The molecule has 3 nitrogen and oxygen atoms in total. The van der Waals surface area contributed by atoms with Gasteiger partial charge < -0.3 is 5.11 Å². The van der Waals surface area contributed by atoms with E-state index in [1.807, 2.05) is 19.1 Å². The molecule has 1 heterocycles. The predicted octanol–water partition coefficient (Wildman–Crippen LogP) is 3.55. The lowest BCUT2D eigenvalue weighted by molar-refractivity contribution is -0.722. The summed E-state index contributed by atoms with van der Waals surface area (Å²) in [6.45, 7) is 3.78. The van der Waals surface area contributed by atoms with Crippen LogP contribution in [0, 0.1) is 20.8 Å². The maximum absolute atomic E-state index is 12.8. The molecule has 1 aromatic heterocycles. The Hall–Kier alpha value is -2.03. The van der Waals surface area contributed by atoms with Crippen LogP contribution in [0.4, 0.5) is 26.3 Å². The Morgan fingerprint density at radius 2 is 1.44 bits per heavy atom. The van der Waals surface area contributed by atoms with Crippen LogP contribution >= 0.6 is 0 Å². The highest BCUT2D eigenvalue weighted by Gasteiger charge is 2.71. The number of benzene rings is 1. The molecule has 0 unspecified atom stereocenters. The minimum atomic E-state index is -5.85. The van der Waals surface area contributed by atoms with Crippen molar-refractivity contribution in [2.45, 2.75) is 45.3 Å². The van der Waals surface area contributed by atoms with Crippen LogP contribution in [0.2, 0.25) is 0 Å². The first-order chi connectivity index (χ1) is 11.3. The van der Waals surface area contributed by atoms with Gasteiger partial charge in [0.05, 0.1) is 0 Å². The van der Waals surface area contributed by atoms with Crippen molar-refractivity contribution in [2.24, 2.45) is 0 Å². The van der Waals surface area contributed by atoms with Crippen molar-refractivity contribution >= 4 is 0 Å². The summed E-state index contributed by atoms with van der Waals surface area (Å²) in [7, 11) is 0. The molecule has 0 spiro atoms.